The quantitative estimate of drug-likeness (QED) is 0.632. The smallest absolute Gasteiger partial charge is 0.245 e. The van der Waals surface area contributed by atoms with Crippen molar-refractivity contribution < 1.29 is 9.59 Å². The van der Waals surface area contributed by atoms with Crippen molar-refractivity contribution in [3.05, 3.63) is 50.9 Å². The number of carbonyl (C=O) groups excluding carboxylic acids is 2. The third kappa shape index (κ3) is 5.11. The lowest BCUT2D eigenvalue weighted by Gasteiger charge is -2.33. The molecule has 0 radical (unpaired) electrons. The van der Waals surface area contributed by atoms with E-state index < -0.39 is 0 Å². The zero-order valence-corrected chi connectivity index (χ0v) is 19.8. The number of carbonyl (C=O) groups is 2. The maximum absolute atomic E-state index is 12.6. The van der Waals surface area contributed by atoms with E-state index in [-0.39, 0.29) is 29.8 Å². The van der Waals surface area contributed by atoms with Gasteiger partial charge in [0.25, 0.3) is 0 Å². The lowest BCUT2D eigenvalue weighted by atomic mass is 9.95. The molecule has 4 rings (SSSR count). The average Bonchev–Trinajstić information content (AvgIpc) is 3.21. The Hall–Kier alpha value is -2.09. The van der Waals surface area contributed by atoms with E-state index in [1.807, 2.05) is 17.9 Å². The zero-order chi connectivity index (χ0) is 22.8. The van der Waals surface area contributed by atoms with Gasteiger partial charge in [-0.25, -0.2) is 9.97 Å². The average molecular weight is 497 g/mol. The van der Waals surface area contributed by atoms with Crippen LogP contribution in [0.1, 0.15) is 56.0 Å². The lowest BCUT2D eigenvalue weighted by molar-refractivity contribution is -0.135. The van der Waals surface area contributed by atoms with Crippen molar-refractivity contribution in [2.24, 2.45) is 0 Å². The molecule has 2 aromatic rings. The van der Waals surface area contributed by atoms with Gasteiger partial charge in [0.1, 0.15) is 22.7 Å². The van der Waals surface area contributed by atoms with Gasteiger partial charge in [-0.05, 0) is 43.9 Å². The number of piperidine rings is 1. The number of halogens is 3. The van der Waals surface area contributed by atoms with E-state index in [1.165, 1.54) is 0 Å². The summed E-state index contributed by atoms with van der Waals surface area (Å²) in [6.45, 7) is 3.20. The molecule has 0 aliphatic carbocycles. The Labute approximate surface area is 201 Å². The molecule has 2 fully saturated rings. The first-order chi connectivity index (χ1) is 15.3. The molecule has 7 nitrogen and oxygen atoms in total. The van der Waals surface area contributed by atoms with E-state index in [9.17, 15) is 9.59 Å². The number of benzene rings is 1. The van der Waals surface area contributed by atoms with Gasteiger partial charge in [0.2, 0.25) is 11.8 Å². The number of anilines is 1. The van der Waals surface area contributed by atoms with Crippen molar-refractivity contribution in [3.63, 3.8) is 0 Å². The fourth-order valence-corrected chi connectivity index (χ4v) is 4.91. The van der Waals surface area contributed by atoms with E-state index in [0.29, 0.717) is 52.6 Å². The Bertz CT molecular complexity index is 1030. The molecule has 0 saturated carbocycles. The van der Waals surface area contributed by atoms with Crippen LogP contribution in [0.3, 0.4) is 0 Å². The van der Waals surface area contributed by atoms with Crippen LogP contribution in [0.4, 0.5) is 5.82 Å². The second-order valence-corrected chi connectivity index (χ2v) is 9.47. The minimum atomic E-state index is -0.386. The number of likely N-dealkylation sites (tertiary alicyclic amines) is 1. The summed E-state index contributed by atoms with van der Waals surface area (Å²) in [4.78, 5) is 35.0. The van der Waals surface area contributed by atoms with Gasteiger partial charge >= 0.3 is 0 Å². The van der Waals surface area contributed by atoms with Gasteiger partial charge in [0.15, 0.2) is 0 Å². The number of nitrogens with zero attached hydrogens (tertiary/aromatic N) is 3. The summed E-state index contributed by atoms with van der Waals surface area (Å²) >= 11 is 18.7. The summed E-state index contributed by atoms with van der Waals surface area (Å²) in [5.74, 6) is 1.32. The molecule has 10 heteroatoms. The standard InChI is InChI=1S/C22H24Cl3N5O2/c1-12(15-3-2-14(23)10-16(15)24)27-21-17(25)11-26-20(29-21)13-6-8-30(9-7-13)22(32)18-4-5-19(31)28-18/h2-3,10-13,18H,4-9H2,1H3,(H,28,31)(H,26,27,29)/t12-,18-/m1/s1. The van der Waals surface area contributed by atoms with Crippen LogP contribution >= 0.6 is 34.8 Å². The second kappa shape index (κ2) is 9.81. The van der Waals surface area contributed by atoms with E-state index in [4.69, 9.17) is 34.8 Å². The third-order valence-electron chi connectivity index (χ3n) is 6.01. The van der Waals surface area contributed by atoms with Gasteiger partial charge in [-0.15, -0.1) is 0 Å². The number of hydrogen-bond donors (Lipinski definition) is 2. The molecule has 2 atom stereocenters. The first kappa shape index (κ1) is 23.1. The number of rotatable bonds is 5. The van der Waals surface area contributed by atoms with Crippen LogP contribution in [-0.4, -0.2) is 45.8 Å². The largest absolute Gasteiger partial charge is 0.362 e. The van der Waals surface area contributed by atoms with Crippen LogP contribution in [-0.2, 0) is 9.59 Å². The Balaban J connectivity index is 1.40. The highest BCUT2D eigenvalue weighted by Gasteiger charge is 2.33. The molecule has 0 unspecified atom stereocenters. The maximum Gasteiger partial charge on any atom is 0.245 e. The second-order valence-electron chi connectivity index (χ2n) is 8.21. The fourth-order valence-electron chi connectivity index (χ4n) is 4.19. The van der Waals surface area contributed by atoms with Crippen molar-refractivity contribution in [2.75, 3.05) is 18.4 Å². The molecule has 3 heterocycles. The highest BCUT2D eigenvalue weighted by atomic mass is 35.5. The molecule has 0 bridgehead atoms. The molecule has 2 N–H and O–H groups in total. The normalized spacial score (nSPS) is 20.2. The van der Waals surface area contributed by atoms with Crippen molar-refractivity contribution in [3.8, 4) is 0 Å². The van der Waals surface area contributed by atoms with Crippen molar-refractivity contribution in [1.82, 2.24) is 20.2 Å². The fraction of sp³-hybridized carbons (Fsp3) is 0.455. The molecule has 0 spiro atoms. The highest BCUT2D eigenvalue weighted by Crippen LogP contribution is 2.32. The number of nitrogens with one attached hydrogen (secondary N) is 2. The molecule has 2 amide bonds. The number of amides is 2. The van der Waals surface area contributed by atoms with Gasteiger partial charge < -0.3 is 15.5 Å². The third-order valence-corrected chi connectivity index (χ3v) is 6.85. The van der Waals surface area contributed by atoms with E-state index in [0.717, 1.165) is 18.4 Å². The van der Waals surface area contributed by atoms with Crippen molar-refractivity contribution in [1.29, 1.82) is 0 Å². The van der Waals surface area contributed by atoms with Gasteiger partial charge in [0.05, 0.1) is 12.2 Å². The first-order valence-corrected chi connectivity index (χ1v) is 11.8. The van der Waals surface area contributed by atoms with E-state index in [2.05, 4.69) is 20.6 Å². The molecule has 2 aliphatic rings. The number of aromatic nitrogens is 2. The summed E-state index contributed by atoms with van der Waals surface area (Å²) in [7, 11) is 0. The van der Waals surface area contributed by atoms with Crippen LogP contribution in [0.15, 0.2) is 24.4 Å². The Morgan fingerprint density at radius 3 is 2.59 bits per heavy atom. The van der Waals surface area contributed by atoms with Crippen LogP contribution in [0, 0.1) is 0 Å². The number of hydrogen-bond acceptors (Lipinski definition) is 5. The van der Waals surface area contributed by atoms with Crippen LogP contribution in [0.2, 0.25) is 15.1 Å². The summed E-state index contributed by atoms with van der Waals surface area (Å²) in [5, 5.41) is 7.64. The van der Waals surface area contributed by atoms with Crippen molar-refractivity contribution >= 4 is 52.4 Å². The summed E-state index contributed by atoms with van der Waals surface area (Å²) in [6, 6.07) is 4.84. The van der Waals surface area contributed by atoms with Gasteiger partial charge in [-0.3, -0.25) is 9.59 Å². The van der Waals surface area contributed by atoms with Crippen molar-refractivity contribution in [2.45, 2.75) is 50.6 Å². The summed E-state index contributed by atoms with van der Waals surface area (Å²) in [5.41, 5.74) is 0.887. The molecule has 1 aromatic heterocycles. The molecule has 32 heavy (non-hydrogen) atoms. The predicted molar refractivity (Wildman–Crippen MR) is 125 cm³/mol. The van der Waals surface area contributed by atoms with E-state index in [1.54, 1.807) is 18.3 Å². The molecule has 2 aliphatic heterocycles. The molecular formula is C22H24Cl3N5O2. The van der Waals surface area contributed by atoms with Gasteiger partial charge in [0, 0.05) is 35.5 Å². The van der Waals surface area contributed by atoms with Crippen LogP contribution < -0.4 is 10.6 Å². The Morgan fingerprint density at radius 2 is 1.94 bits per heavy atom. The monoisotopic (exact) mass is 495 g/mol. The topological polar surface area (TPSA) is 87.2 Å². The minimum absolute atomic E-state index is 0.00217. The van der Waals surface area contributed by atoms with Crippen LogP contribution in [0.25, 0.3) is 0 Å². The molecule has 170 valence electrons. The van der Waals surface area contributed by atoms with Gasteiger partial charge in [-0.2, -0.15) is 0 Å². The Morgan fingerprint density at radius 1 is 1.19 bits per heavy atom. The highest BCUT2D eigenvalue weighted by molar-refractivity contribution is 6.35. The molecule has 2 saturated heterocycles. The molecular weight excluding hydrogens is 473 g/mol. The summed E-state index contributed by atoms with van der Waals surface area (Å²) in [6.07, 6.45) is 4.11. The minimum Gasteiger partial charge on any atom is -0.362 e. The molecule has 1 aromatic carbocycles. The Kier molecular flexibility index (Phi) is 7.08. The SMILES string of the molecule is C[C@@H](Nc1nc(C2CCN(C(=O)[C@H]3CCC(=O)N3)CC2)ncc1Cl)c1ccc(Cl)cc1Cl. The maximum atomic E-state index is 12.6. The van der Waals surface area contributed by atoms with Gasteiger partial charge in [-0.1, -0.05) is 40.9 Å². The first-order valence-electron chi connectivity index (χ1n) is 10.6. The predicted octanol–water partition coefficient (Wildman–Crippen LogP) is 4.59. The van der Waals surface area contributed by atoms with Crippen LogP contribution in [0.5, 0.6) is 0 Å². The zero-order valence-electron chi connectivity index (χ0n) is 17.6. The lowest BCUT2D eigenvalue weighted by Crippen LogP contribution is -2.47. The van der Waals surface area contributed by atoms with E-state index >= 15 is 0 Å². The summed E-state index contributed by atoms with van der Waals surface area (Å²) < 4.78 is 0.